The summed E-state index contributed by atoms with van der Waals surface area (Å²) in [6, 6.07) is 2.83. The van der Waals surface area contributed by atoms with Gasteiger partial charge in [0.15, 0.2) is 0 Å². The van der Waals surface area contributed by atoms with Gasteiger partial charge in [-0.1, -0.05) is 24.6 Å². The van der Waals surface area contributed by atoms with Gasteiger partial charge in [0.05, 0.1) is 10.3 Å². The van der Waals surface area contributed by atoms with Crippen LogP contribution >= 0.6 is 11.8 Å². The predicted molar refractivity (Wildman–Crippen MR) is 106 cm³/mol. The van der Waals surface area contributed by atoms with Crippen LogP contribution in [-0.4, -0.2) is 54.0 Å². The van der Waals surface area contributed by atoms with E-state index < -0.39 is 27.2 Å². The second-order valence-corrected chi connectivity index (χ2v) is 10.4. The molecular formula is C18H26N4O4S2. The molecule has 2 aliphatic rings. The van der Waals surface area contributed by atoms with E-state index in [1.807, 2.05) is 0 Å². The lowest BCUT2D eigenvalue weighted by molar-refractivity contribution is -0.119. The molecule has 2 N–H and O–H groups in total. The molecule has 2 fully saturated rings. The molecule has 3 rings (SSSR count). The normalized spacial score (nSPS) is 19.5. The van der Waals surface area contributed by atoms with Crippen LogP contribution < -0.4 is 10.6 Å². The topological polar surface area (TPSA) is 108 Å². The van der Waals surface area contributed by atoms with Crippen LogP contribution in [0, 0.1) is 0 Å². The molecule has 0 radical (unpaired) electrons. The Bertz CT molecular complexity index is 801. The van der Waals surface area contributed by atoms with E-state index >= 15 is 0 Å². The number of imide groups is 1. The molecule has 154 valence electrons. The number of nitrogens with one attached hydrogen (secondary N) is 2. The first kappa shape index (κ1) is 21.1. The SMILES string of the molecule is CC(Sc1ccc(S(=O)(=O)N2CCCCCC2)cn1)C(=O)NC(=O)NC1CC1. The van der Waals surface area contributed by atoms with Gasteiger partial charge in [0.1, 0.15) is 4.90 Å². The molecule has 8 nitrogen and oxygen atoms in total. The maximum atomic E-state index is 12.8. The zero-order valence-corrected chi connectivity index (χ0v) is 17.5. The first-order valence-electron chi connectivity index (χ1n) is 9.60. The van der Waals surface area contributed by atoms with E-state index in [0.29, 0.717) is 18.1 Å². The number of rotatable bonds is 6. The first-order valence-corrected chi connectivity index (χ1v) is 11.9. The third-order valence-corrected chi connectivity index (χ3v) is 7.66. The summed E-state index contributed by atoms with van der Waals surface area (Å²) in [5.41, 5.74) is 0. The van der Waals surface area contributed by atoms with Crippen LogP contribution in [0.1, 0.15) is 45.4 Å². The van der Waals surface area contributed by atoms with Crippen molar-refractivity contribution in [1.82, 2.24) is 19.9 Å². The summed E-state index contributed by atoms with van der Waals surface area (Å²) in [6.07, 6.45) is 7.10. The van der Waals surface area contributed by atoms with Crippen LogP contribution in [0.2, 0.25) is 0 Å². The zero-order valence-electron chi connectivity index (χ0n) is 15.9. The van der Waals surface area contributed by atoms with Crippen LogP contribution in [0.15, 0.2) is 28.3 Å². The Labute approximate surface area is 169 Å². The van der Waals surface area contributed by atoms with E-state index in [2.05, 4.69) is 15.6 Å². The summed E-state index contributed by atoms with van der Waals surface area (Å²) < 4.78 is 27.1. The fourth-order valence-corrected chi connectivity index (χ4v) is 5.17. The number of thioether (sulfide) groups is 1. The number of carbonyl (C=O) groups excluding carboxylic acids is 2. The smallest absolute Gasteiger partial charge is 0.321 e. The second kappa shape index (κ2) is 9.23. The minimum absolute atomic E-state index is 0.166. The lowest BCUT2D eigenvalue weighted by atomic mass is 10.2. The van der Waals surface area contributed by atoms with Gasteiger partial charge in [-0.15, -0.1) is 0 Å². The van der Waals surface area contributed by atoms with E-state index in [0.717, 1.165) is 38.5 Å². The van der Waals surface area contributed by atoms with Gasteiger partial charge < -0.3 is 5.32 Å². The fourth-order valence-electron chi connectivity index (χ4n) is 2.92. The van der Waals surface area contributed by atoms with E-state index in [4.69, 9.17) is 0 Å². The molecule has 1 aromatic rings. The Morgan fingerprint density at radius 1 is 1.18 bits per heavy atom. The van der Waals surface area contributed by atoms with Crippen molar-refractivity contribution >= 4 is 33.7 Å². The van der Waals surface area contributed by atoms with Crippen LogP contribution in [0.4, 0.5) is 4.79 Å². The number of carbonyl (C=O) groups is 2. The molecule has 1 saturated carbocycles. The van der Waals surface area contributed by atoms with Gasteiger partial charge in [-0.3, -0.25) is 10.1 Å². The van der Waals surface area contributed by atoms with Crippen LogP contribution in [0.5, 0.6) is 0 Å². The van der Waals surface area contributed by atoms with Crippen molar-refractivity contribution in [3.63, 3.8) is 0 Å². The molecule has 1 unspecified atom stereocenters. The minimum atomic E-state index is -3.54. The van der Waals surface area contributed by atoms with E-state index in [1.54, 1.807) is 13.0 Å². The molecule has 1 atom stereocenters. The first-order chi connectivity index (χ1) is 13.4. The molecule has 1 aliphatic heterocycles. The molecule has 0 spiro atoms. The van der Waals surface area contributed by atoms with Gasteiger partial charge in [0.2, 0.25) is 15.9 Å². The van der Waals surface area contributed by atoms with Crippen molar-refractivity contribution in [3.8, 4) is 0 Å². The van der Waals surface area contributed by atoms with Gasteiger partial charge in [0, 0.05) is 25.3 Å². The quantitative estimate of drug-likeness (QED) is 0.675. The summed E-state index contributed by atoms with van der Waals surface area (Å²) in [5, 5.41) is 5.00. The number of sulfonamides is 1. The fraction of sp³-hybridized carbons (Fsp3) is 0.611. The standard InChI is InChI=1S/C18H26N4O4S2/c1-13(17(23)21-18(24)20-14-6-7-14)27-16-9-8-15(12-19-16)28(25,26)22-10-4-2-3-5-11-22/h8-9,12-14H,2-7,10-11H2,1H3,(H2,20,21,23,24). The van der Waals surface area contributed by atoms with E-state index in [9.17, 15) is 18.0 Å². The number of nitrogens with zero attached hydrogens (tertiary/aromatic N) is 2. The maximum Gasteiger partial charge on any atom is 0.321 e. The van der Waals surface area contributed by atoms with Crippen molar-refractivity contribution in [3.05, 3.63) is 18.3 Å². The van der Waals surface area contributed by atoms with Crippen molar-refractivity contribution in [2.24, 2.45) is 0 Å². The Hall–Kier alpha value is -1.65. The summed E-state index contributed by atoms with van der Waals surface area (Å²) >= 11 is 1.17. The second-order valence-electron chi connectivity index (χ2n) is 7.15. The van der Waals surface area contributed by atoms with Gasteiger partial charge in [-0.05, 0) is 44.7 Å². The van der Waals surface area contributed by atoms with Crippen LogP contribution in [-0.2, 0) is 14.8 Å². The summed E-state index contributed by atoms with van der Waals surface area (Å²) in [7, 11) is -3.54. The average Bonchev–Trinajstić information content (AvgIpc) is 3.48. The molecule has 1 saturated heterocycles. The Morgan fingerprint density at radius 2 is 1.86 bits per heavy atom. The number of pyridine rings is 1. The monoisotopic (exact) mass is 426 g/mol. The highest BCUT2D eigenvalue weighted by atomic mass is 32.2. The Kier molecular flexibility index (Phi) is 6.95. The number of amides is 3. The number of aromatic nitrogens is 1. The molecule has 0 bridgehead atoms. The van der Waals surface area contributed by atoms with Gasteiger partial charge in [-0.2, -0.15) is 4.31 Å². The molecular weight excluding hydrogens is 400 g/mol. The molecule has 0 aromatic carbocycles. The molecule has 2 heterocycles. The third kappa shape index (κ3) is 5.68. The average molecular weight is 427 g/mol. The van der Waals surface area contributed by atoms with Crippen molar-refractivity contribution < 1.29 is 18.0 Å². The lowest BCUT2D eigenvalue weighted by Crippen LogP contribution is -2.43. The van der Waals surface area contributed by atoms with Crippen LogP contribution in [0.3, 0.4) is 0 Å². The highest BCUT2D eigenvalue weighted by Gasteiger charge is 2.27. The van der Waals surface area contributed by atoms with Crippen molar-refractivity contribution in [2.45, 2.75) is 66.7 Å². The van der Waals surface area contributed by atoms with Gasteiger partial charge >= 0.3 is 6.03 Å². The summed E-state index contributed by atoms with van der Waals surface area (Å²) in [6.45, 7) is 2.76. The maximum absolute atomic E-state index is 12.8. The number of hydrogen-bond donors (Lipinski definition) is 2. The molecule has 10 heteroatoms. The highest BCUT2D eigenvalue weighted by Crippen LogP contribution is 2.25. The van der Waals surface area contributed by atoms with E-state index in [1.165, 1.54) is 28.3 Å². The van der Waals surface area contributed by atoms with Gasteiger partial charge in [-0.25, -0.2) is 18.2 Å². The minimum Gasteiger partial charge on any atom is -0.335 e. The largest absolute Gasteiger partial charge is 0.335 e. The molecule has 3 amide bonds. The molecule has 1 aromatic heterocycles. The lowest BCUT2D eigenvalue weighted by Gasteiger charge is -2.19. The van der Waals surface area contributed by atoms with Gasteiger partial charge in [0.25, 0.3) is 0 Å². The third-order valence-electron chi connectivity index (χ3n) is 4.73. The molecule has 1 aliphatic carbocycles. The number of urea groups is 1. The summed E-state index contributed by atoms with van der Waals surface area (Å²) in [5.74, 6) is -0.411. The number of hydrogen-bond acceptors (Lipinski definition) is 6. The molecule has 28 heavy (non-hydrogen) atoms. The predicted octanol–water partition coefficient (Wildman–Crippen LogP) is 2.12. The Morgan fingerprint density at radius 3 is 2.43 bits per heavy atom. The van der Waals surface area contributed by atoms with E-state index in [-0.39, 0.29) is 10.9 Å². The highest BCUT2D eigenvalue weighted by molar-refractivity contribution is 8.00. The summed E-state index contributed by atoms with van der Waals surface area (Å²) in [4.78, 5) is 28.1. The van der Waals surface area contributed by atoms with Crippen LogP contribution in [0.25, 0.3) is 0 Å². The Balaban J connectivity index is 1.57. The zero-order chi connectivity index (χ0) is 20.1. The van der Waals surface area contributed by atoms with Crippen molar-refractivity contribution in [1.29, 1.82) is 0 Å². The van der Waals surface area contributed by atoms with Crippen molar-refractivity contribution in [2.75, 3.05) is 13.1 Å².